The minimum atomic E-state index is 0.566. The van der Waals surface area contributed by atoms with Crippen molar-refractivity contribution in [1.82, 2.24) is 0 Å². The first-order chi connectivity index (χ1) is 12.4. The summed E-state index contributed by atoms with van der Waals surface area (Å²) in [6, 6.07) is 29.4. The monoisotopic (exact) mass is 323 g/mol. The van der Waals surface area contributed by atoms with Gasteiger partial charge in [-0.05, 0) is 46.2 Å². The highest BCUT2D eigenvalue weighted by Gasteiger charge is 2.52. The summed E-state index contributed by atoms with van der Waals surface area (Å²) in [5, 5.41) is 0. The van der Waals surface area contributed by atoms with E-state index in [0.717, 1.165) is 11.8 Å². The minimum Gasteiger partial charge on any atom is -0.371 e. The zero-order chi connectivity index (χ0) is 16.4. The quantitative estimate of drug-likeness (QED) is 0.607. The van der Waals surface area contributed by atoms with Crippen molar-refractivity contribution in [2.45, 2.75) is 11.8 Å². The van der Waals surface area contributed by atoms with Crippen LogP contribution in [0.5, 0.6) is 0 Å². The summed E-state index contributed by atoms with van der Waals surface area (Å²) in [7, 11) is 0. The fraction of sp³-hybridized carbons (Fsp3) is 0.250. The Morgan fingerprint density at radius 1 is 0.520 bits per heavy atom. The molecule has 1 heteroatoms. The van der Waals surface area contributed by atoms with Crippen molar-refractivity contribution in [1.29, 1.82) is 0 Å². The lowest BCUT2D eigenvalue weighted by atomic mass is 9.55. The van der Waals surface area contributed by atoms with E-state index in [-0.39, 0.29) is 0 Å². The van der Waals surface area contributed by atoms with E-state index in [1.54, 1.807) is 22.3 Å². The highest BCUT2D eigenvalue weighted by molar-refractivity contribution is 5.59. The Balaban J connectivity index is 1.51. The van der Waals surface area contributed by atoms with E-state index >= 15 is 0 Å². The number of nitrogens with zero attached hydrogens (tertiary/aromatic N) is 1. The molecule has 122 valence electrons. The average Bonchev–Trinajstić information content (AvgIpc) is 3.14. The minimum absolute atomic E-state index is 0.566. The average molecular weight is 323 g/mol. The van der Waals surface area contributed by atoms with Crippen molar-refractivity contribution in [3.63, 3.8) is 0 Å². The van der Waals surface area contributed by atoms with Gasteiger partial charge in [-0.3, -0.25) is 0 Å². The molecule has 4 aliphatic rings. The van der Waals surface area contributed by atoms with Crippen LogP contribution >= 0.6 is 0 Å². The molecule has 0 saturated carbocycles. The molecule has 7 rings (SSSR count). The molecule has 0 amide bonds. The van der Waals surface area contributed by atoms with Crippen LogP contribution in [0.4, 0.5) is 5.69 Å². The number of anilines is 1. The van der Waals surface area contributed by atoms with Crippen LogP contribution in [0.15, 0.2) is 78.9 Å². The molecule has 0 spiro atoms. The van der Waals surface area contributed by atoms with E-state index in [1.807, 2.05) is 0 Å². The lowest BCUT2D eigenvalue weighted by molar-refractivity contribution is 0.294. The Labute approximate surface area is 148 Å². The van der Waals surface area contributed by atoms with Gasteiger partial charge in [0, 0.05) is 30.6 Å². The van der Waals surface area contributed by atoms with Crippen LogP contribution in [0.1, 0.15) is 34.1 Å². The van der Waals surface area contributed by atoms with Crippen molar-refractivity contribution in [2.75, 3.05) is 18.0 Å². The first kappa shape index (κ1) is 13.7. The van der Waals surface area contributed by atoms with E-state index in [2.05, 4.69) is 83.8 Å². The van der Waals surface area contributed by atoms with Gasteiger partial charge in [0.05, 0.1) is 0 Å². The van der Waals surface area contributed by atoms with E-state index < -0.39 is 0 Å². The predicted molar refractivity (Wildman–Crippen MR) is 102 cm³/mol. The van der Waals surface area contributed by atoms with Crippen LogP contribution in [-0.4, -0.2) is 13.1 Å². The maximum Gasteiger partial charge on any atom is 0.0366 e. The molecule has 1 nitrogen and oxygen atoms in total. The highest BCUT2D eigenvalue weighted by atomic mass is 15.2. The third-order valence-corrected chi connectivity index (χ3v) is 6.72. The normalized spacial score (nSPS) is 28.4. The van der Waals surface area contributed by atoms with E-state index in [9.17, 15) is 0 Å². The predicted octanol–water partition coefficient (Wildman–Crippen LogP) is 5.03. The molecule has 2 atom stereocenters. The molecule has 0 radical (unpaired) electrons. The SMILES string of the molecule is c1ccc(N2C[C@@H]3C4c5ccccc5C(c5ccccc54)[C@@H]3C2)cc1. The number of rotatable bonds is 1. The molecule has 3 aromatic rings. The van der Waals surface area contributed by atoms with Crippen LogP contribution in [-0.2, 0) is 0 Å². The van der Waals surface area contributed by atoms with Gasteiger partial charge in [-0.25, -0.2) is 0 Å². The third-order valence-electron chi connectivity index (χ3n) is 6.72. The van der Waals surface area contributed by atoms with Gasteiger partial charge in [-0.15, -0.1) is 0 Å². The highest BCUT2D eigenvalue weighted by Crippen LogP contribution is 2.60. The maximum absolute atomic E-state index is 2.62. The molecular formula is C24H21N. The first-order valence-electron chi connectivity index (χ1n) is 9.39. The van der Waals surface area contributed by atoms with Crippen molar-refractivity contribution in [3.05, 3.63) is 101 Å². The second-order valence-corrected chi connectivity index (χ2v) is 7.78. The fourth-order valence-corrected chi connectivity index (χ4v) is 5.82. The van der Waals surface area contributed by atoms with Crippen molar-refractivity contribution >= 4 is 5.69 Å². The molecule has 3 aliphatic carbocycles. The van der Waals surface area contributed by atoms with Crippen LogP contribution in [0.25, 0.3) is 0 Å². The summed E-state index contributed by atoms with van der Waals surface area (Å²) in [6.45, 7) is 2.36. The summed E-state index contributed by atoms with van der Waals surface area (Å²) < 4.78 is 0. The zero-order valence-electron chi connectivity index (χ0n) is 14.2. The van der Waals surface area contributed by atoms with Crippen molar-refractivity contribution < 1.29 is 0 Å². The molecule has 25 heavy (non-hydrogen) atoms. The van der Waals surface area contributed by atoms with Crippen LogP contribution in [0.3, 0.4) is 0 Å². The van der Waals surface area contributed by atoms with Gasteiger partial charge in [0.2, 0.25) is 0 Å². The van der Waals surface area contributed by atoms with Gasteiger partial charge in [0.1, 0.15) is 0 Å². The summed E-state index contributed by atoms with van der Waals surface area (Å²) in [4.78, 5) is 2.62. The van der Waals surface area contributed by atoms with Gasteiger partial charge < -0.3 is 4.90 Å². The number of para-hydroxylation sites is 1. The summed E-state index contributed by atoms with van der Waals surface area (Å²) in [6.07, 6.45) is 0. The Morgan fingerprint density at radius 3 is 1.36 bits per heavy atom. The maximum atomic E-state index is 2.62. The molecule has 0 N–H and O–H groups in total. The molecule has 3 aromatic carbocycles. The molecule has 1 aliphatic heterocycles. The Bertz CT molecular complexity index is 840. The Hall–Kier alpha value is -2.54. The molecular weight excluding hydrogens is 302 g/mol. The topological polar surface area (TPSA) is 3.24 Å². The lowest BCUT2D eigenvalue weighted by Crippen LogP contribution is -2.39. The molecule has 1 heterocycles. The number of benzene rings is 3. The van der Waals surface area contributed by atoms with Crippen LogP contribution < -0.4 is 4.90 Å². The van der Waals surface area contributed by atoms with Gasteiger partial charge >= 0.3 is 0 Å². The Morgan fingerprint density at radius 2 is 0.920 bits per heavy atom. The van der Waals surface area contributed by atoms with Gasteiger partial charge in [-0.2, -0.15) is 0 Å². The van der Waals surface area contributed by atoms with E-state index in [0.29, 0.717) is 11.8 Å². The number of hydrogen-bond donors (Lipinski definition) is 0. The fourth-order valence-electron chi connectivity index (χ4n) is 5.82. The zero-order valence-corrected chi connectivity index (χ0v) is 14.2. The third kappa shape index (κ3) is 1.79. The smallest absolute Gasteiger partial charge is 0.0366 e. The summed E-state index contributed by atoms with van der Waals surface area (Å²) in [5.41, 5.74) is 7.72. The van der Waals surface area contributed by atoms with Gasteiger partial charge in [0.15, 0.2) is 0 Å². The molecule has 2 bridgehead atoms. The van der Waals surface area contributed by atoms with Crippen molar-refractivity contribution in [2.24, 2.45) is 11.8 Å². The summed E-state index contributed by atoms with van der Waals surface area (Å²) >= 11 is 0. The summed E-state index contributed by atoms with van der Waals surface area (Å²) in [5.74, 6) is 2.59. The second kappa shape index (κ2) is 4.98. The Kier molecular flexibility index (Phi) is 2.73. The molecule has 1 saturated heterocycles. The van der Waals surface area contributed by atoms with Gasteiger partial charge in [-0.1, -0.05) is 66.7 Å². The molecule has 1 fully saturated rings. The van der Waals surface area contributed by atoms with Gasteiger partial charge in [0.25, 0.3) is 0 Å². The molecule has 0 aromatic heterocycles. The van der Waals surface area contributed by atoms with Crippen LogP contribution in [0.2, 0.25) is 0 Å². The molecule has 0 unspecified atom stereocenters. The first-order valence-corrected chi connectivity index (χ1v) is 9.39. The van der Waals surface area contributed by atoms with E-state index in [4.69, 9.17) is 0 Å². The van der Waals surface area contributed by atoms with E-state index in [1.165, 1.54) is 18.8 Å². The lowest BCUT2D eigenvalue weighted by Gasteiger charge is -2.47. The van der Waals surface area contributed by atoms with Crippen molar-refractivity contribution in [3.8, 4) is 0 Å². The largest absolute Gasteiger partial charge is 0.371 e. The van der Waals surface area contributed by atoms with Crippen LogP contribution in [0, 0.1) is 11.8 Å². The second-order valence-electron chi connectivity index (χ2n) is 7.78. The number of hydrogen-bond acceptors (Lipinski definition) is 1. The standard InChI is InChI=1S/C24H21N/c1-2-8-16(9-3-1)25-14-21-22(15-25)24-18-11-5-4-10-17(18)23(21)19-12-6-7-13-20(19)24/h1-13,21-24H,14-15H2/t21-,22+,23?,24?.